The standard InChI is InChI=1S/C21H24N2O3/c22-12-6-5-11-18(23)20(25)21(26-13-24)19-16-9-3-1-7-14(16)15-8-2-4-10-17(15)19/h1-4,7-10,13,18-19,21H,5-6,11-12,22-23H2/t18-,21?/m0/s1. The fourth-order valence-electron chi connectivity index (χ4n) is 3.75. The molecule has 1 aliphatic carbocycles. The molecule has 5 nitrogen and oxygen atoms in total. The second-order valence-corrected chi connectivity index (χ2v) is 6.60. The minimum atomic E-state index is -0.926. The number of Topliss-reactive ketones (excluding diaryl/α,β-unsaturated/α-hetero) is 1. The van der Waals surface area contributed by atoms with Crippen LogP contribution in [0.15, 0.2) is 48.5 Å². The first kappa shape index (κ1) is 18.3. The fourth-order valence-corrected chi connectivity index (χ4v) is 3.75. The van der Waals surface area contributed by atoms with Crippen molar-refractivity contribution in [3.8, 4) is 11.1 Å². The Labute approximate surface area is 153 Å². The van der Waals surface area contributed by atoms with Gasteiger partial charge in [-0.25, -0.2) is 0 Å². The van der Waals surface area contributed by atoms with E-state index in [4.69, 9.17) is 16.2 Å². The van der Waals surface area contributed by atoms with E-state index in [-0.39, 0.29) is 11.7 Å². The molecular weight excluding hydrogens is 328 g/mol. The average molecular weight is 352 g/mol. The Morgan fingerprint density at radius 2 is 1.62 bits per heavy atom. The molecule has 2 atom stereocenters. The predicted molar refractivity (Wildman–Crippen MR) is 101 cm³/mol. The van der Waals surface area contributed by atoms with Crippen LogP contribution in [0, 0.1) is 0 Å². The van der Waals surface area contributed by atoms with Crippen molar-refractivity contribution in [2.45, 2.75) is 37.3 Å². The van der Waals surface area contributed by atoms with Gasteiger partial charge < -0.3 is 16.2 Å². The molecule has 0 spiro atoms. The van der Waals surface area contributed by atoms with E-state index >= 15 is 0 Å². The van der Waals surface area contributed by atoms with Crippen LogP contribution < -0.4 is 11.5 Å². The van der Waals surface area contributed by atoms with Crippen LogP contribution in [0.4, 0.5) is 0 Å². The van der Waals surface area contributed by atoms with E-state index in [2.05, 4.69) is 0 Å². The lowest BCUT2D eigenvalue weighted by atomic mass is 9.86. The van der Waals surface area contributed by atoms with Gasteiger partial charge in [-0.1, -0.05) is 55.0 Å². The van der Waals surface area contributed by atoms with E-state index in [1.807, 2.05) is 48.5 Å². The van der Waals surface area contributed by atoms with Crippen LogP contribution in [0.3, 0.4) is 0 Å². The van der Waals surface area contributed by atoms with Crippen LogP contribution in [0.25, 0.3) is 11.1 Å². The molecule has 0 amide bonds. The van der Waals surface area contributed by atoms with Crippen LogP contribution in [0.1, 0.15) is 36.3 Å². The van der Waals surface area contributed by atoms with Gasteiger partial charge in [-0.15, -0.1) is 0 Å². The molecular formula is C21H24N2O3. The number of unbranched alkanes of at least 4 members (excludes halogenated alkanes) is 1. The second-order valence-electron chi connectivity index (χ2n) is 6.60. The Morgan fingerprint density at radius 1 is 1.04 bits per heavy atom. The highest BCUT2D eigenvalue weighted by molar-refractivity contribution is 5.92. The van der Waals surface area contributed by atoms with Gasteiger partial charge in [0.25, 0.3) is 6.47 Å². The molecule has 1 unspecified atom stereocenters. The van der Waals surface area contributed by atoms with Gasteiger partial charge >= 0.3 is 0 Å². The Morgan fingerprint density at radius 3 is 2.15 bits per heavy atom. The minimum absolute atomic E-state index is 0.245. The molecule has 0 aliphatic heterocycles. The monoisotopic (exact) mass is 352 g/mol. The molecule has 5 heteroatoms. The maximum Gasteiger partial charge on any atom is 0.293 e. The number of nitrogens with two attached hydrogens (primary N) is 2. The lowest BCUT2D eigenvalue weighted by Gasteiger charge is -2.25. The number of ether oxygens (including phenoxy) is 1. The lowest BCUT2D eigenvalue weighted by molar-refractivity contribution is -0.145. The number of carbonyl (C=O) groups excluding carboxylic acids is 2. The summed E-state index contributed by atoms with van der Waals surface area (Å²) in [6.07, 6.45) is 1.19. The summed E-state index contributed by atoms with van der Waals surface area (Å²) in [6, 6.07) is 15.1. The summed E-state index contributed by atoms with van der Waals surface area (Å²) >= 11 is 0. The van der Waals surface area contributed by atoms with Crippen molar-refractivity contribution >= 4 is 12.3 Å². The molecule has 0 heterocycles. The largest absolute Gasteiger partial charge is 0.455 e. The molecule has 136 valence electrons. The summed E-state index contributed by atoms with van der Waals surface area (Å²) in [5.41, 5.74) is 15.7. The zero-order valence-electron chi connectivity index (χ0n) is 14.6. The van der Waals surface area contributed by atoms with Crippen LogP contribution in [-0.4, -0.2) is 30.9 Å². The maximum atomic E-state index is 13.0. The number of benzene rings is 2. The minimum Gasteiger partial charge on any atom is -0.455 e. The predicted octanol–water partition coefficient (Wildman–Crippen LogP) is 2.37. The average Bonchev–Trinajstić information content (AvgIpc) is 3.00. The van der Waals surface area contributed by atoms with Crippen LogP contribution >= 0.6 is 0 Å². The lowest BCUT2D eigenvalue weighted by Crippen LogP contribution is -2.43. The normalized spacial score (nSPS) is 15.0. The summed E-state index contributed by atoms with van der Waals surface area (Å²) in [7, 11) is 0. The van der Waals surface area contributed by atoms with Crippen molar-refractivity contribution in [2.24, 2.45) is 11.5 Å². The van der Waals surface area contributed by atoms with Gasteiger partial charge in [0, 0.05) is 0 Å². The second kappa shape index (κ2) is 8.25. The first-order valence-corrected chi connectivity index (χ1v) is 8.95. The van der Waals surface area contributed by atoms with Crippen molar-refractivity contribution in [1.29, 1.82) is 0 Å². The van der Waals surface area contributed by atoms with Crippen LogP contribution in [-0.2, 0) is 14.3 Å². The van der Waals surface area contributed by atoms with Gasteiger partial charge in [0.1, 0.15) is 0 Å². The van der Waals surface area contributed by atoms with E-state index in [0.29, 0.717) is 19.4 Å². The fraction of sp³-hybridized carbons (Fsp3) is 0.333. The highest BCUT2D eigenvalue weighted by atomic mass is 16.5. The smallest absolute Gasteiger partial charge is 0.293 e. The van der Waals surface area contributed by atoms with Crippen LogP contribution in [0.2, 0.25) is 0 Å². The topological polar surface area (TPSA) is 95.4 Å². The van der Waals surface area contributed by atoms with Crippen molar-refractivity contribution in [3.05, 3.63) is 59.7 Å². The molecule has 0 aromatic heterocycles. The molecule has 0 bridgehead atoms. The summed E-state index contributed by atoms with van der Waals surface area (Å²) in [5, 5.41) is 0. The van der Waals surface area contributed by atoms with Gasteiger partial charge in [0.2, 0.25) is 0 Å². The van der Waals surface area contributed by atoms with Crippen molar-refractivity contribution in [2.75, 3.05) is 6.54 Å². The quantitative estimate of drug-likeness (QED) is 0.533. The molecule has 4 N–H and O–H groups in total. The number of rotatable bonds is 9. The van der Waals surface area contributed by atoms with E-state index in [9.17, 15) is 9.59 Å². The summed E-state index contributed by atoms with van der Waals surface area (Å²) in [4.78, 5) is 24.1. The SMILES string of the molecule is NCCCC[C@H](N)C(=O)C(OC=O)C1c2ccccc2-c2ccccc21. The number of carbonyl (C=O) groups is 2. The van der Waals surface area contributed by atoms with Gasteiger partial charge in [0.05, 0.1) is 12.0 Å². The summed E-state index contributed by atoms with van der Waals surface area (Å²) < 4.78 is 5.29. The third-order valence-corrected chi connectivity index (χ3v) is 5.00. The van der Waals surface area contributed by atoms with E-state index in [0.717, 1.165) is 35.1 Å². The maximum absolute atomic E-state index is 13.0. The van der Waals surface area contributed by atoms with Gasteiger partial charge in [-0.3, -0.25) is 9.59 Å². The van der Waals surface area contributed by atoms with Gasteiger partial charge in [-0.05, 0) is 41.6 Å². The molecule has 2 aromatic carbocycles. The number of hydrogen-bond donors (Lipinski definition) is 2. The van der Waals surface area contributed by atoms with E-state index in [1.54, 1.807) is 0 Å². The molecule has 2 aromatic rings. The zero-order chi connectivity index (χ0) is 18.5. The summed E-state index contributed by atoms with van der Waals surface area (Å²) in [6.45, 7) is 0.914. The highest BCUT2D eigenvalue weighted by Crippen LogP contribution is 2.47. The third-order valence-electron chi connectivity index (χ3n) is 5.00. The third kappa shape index (κ3) is 3.41. The van der Waals surface area contributed by atoms with Gasteiger partial charge in [0.15, 0.2) is 11.9 Å². The molecule has 0 saturated heterocycles. The van der Waals surface area contributed by atoms with Crippen molar-refractivity contribution in [3.63, 3.8) is 0 Å². The number of hydrogen-bond acceptors (Lipinski definition) is 5. The molecule has 0 fully saturated rings. The number of fused-ring (bicyclic) bond motifs is 3. The van der Waals surface area contributed by atoms with Crippen molar-refractivity contribution < 1.29 is 14.3 Å². The summed E-state index contributed by atoms with van der Waals surface area (Å²) in [5.74, 6) is -0.578. The first-order valence-electron chi connectivity index (χ1n) is 8.95. The Bertz CT molecular complexity index is 745. The molecule has 26 heavy (non-hydrogen) atoms. The first-order chi connectivity index (χ1) is 12.7. The zero-order valence-corrected chi connectivity index (χ0v) is 14.6. The Hall–Kier alpha value is -2.50. The molecule has 1 aliphatic rings. The number of ketones is 1. The van der Waals surface area contributed by atoms with E-state index < -0.39 is 12.1 Å². The Kier molecular flexibility index (Phi) is 5.81. The highest BCUT2D eigenvalue weighted by Gasteiger charge is 2.40. The van der Waals surface area contributed by atoms with Crippen LogP contribution in [0.5, 0.6) is 0 Å². The molecule has 0 radical (unpaired) electrons. The van der Waals surface area contributed by atoms with Crippen molar-refractivity contribution in [1.82, 2.24) is 0 Å². The molecule has 0 saturated carbocycles. The van der Waals surface area contributed by atoms with E-state index in [1.165, 1.54) is 0 Å². The van der Waals surface area contributed by atoms with Gasteiger partial charge in [-0.2, -0.15) is 0 Å². The Balaban J connectivity index is 1.95. The molecule has 3 rings (SSSR count).